The van der Waals surface area contributed by atoms with Crippen molar-refractivity contribution in [3.05, 3.63) is 107 Å². The molecule has 0 radical (unpaired) electrons. The average molecular weight is 409 g/mol. The third-order valence-electron chi connectivity index (χ3n) is 4.87. The number of methoxy groups -OCH3 is 2. The van der Waals surface area contributed by atoms with Gasteiger partial charge in [-0.3, -0.25) is 4.79 Å². The third kappa shape index (κ3) is 5.49. The summed E-state index contributed by atoms with van der Waals surface area (Å²) < 4.78 is 10.4. The minimum absolute atomic E-state index is 0.151. The Morgan fingerprint density at radius 2 is 1.23 bits per heavy atom. The van der Waals surface area contributed by atoms with Crippen LogP contribution in [-0.4, -0.2) is 20.0 Å². The Hall–Kier alpha value is -4.10. The molecule has 0 saturated carbocycles. The van der Waals surface area contributed by atoms with Gasteiger partial charge >= 0.3 is 0 Å². The van der Waals surface area contributed by atoms with Gasteiger partial charge in [0.15, 0.2) is 5.78 Å². The second kappa shape index (κ2) is 10.1. The van der Waals surface area contributed by atoms with Gasteiger partial charge in [0.2, 0.25) is 0 Å². The zero-order valence-electron chi connectivity index (χ0n) is 17.8. The number of hydrogen-bond donors (Lipinski definition) is 0. The predicted octanol–water partition coefficient (Wildman–Crippen LogP) is 5.89. The largest absolute Gasteiger partial charge is 0.497 e. The van der Waals surface area contributed by atoms with Crippen molar-refractivity contribution >= 4 is 16.9 Å². The lowest BCUT2D eigenvalue weighted by Gasteiger charge is -2.07. The molecule has 0 N–H and O–H groups in total. The second-order valence-electron chi connectivity index (χ2n) is 6.96. The quantitative estimate of drug-likeness (QED) is 0.211. The van der Waals surface area contributed by atoms with E-state index >= 15 is 0 Å². The molecular weight excluding hydrogens is 386 g/mol. The van der Waals surface area contributed by atoms with Crippen molar-refractivity contribution in [1.82, 2.24) is 0 Å². The van der Waals surface area contributed by atoms with E-state index in [0.717, 1.165) is 16.7 Å². The summed E-state index contributed by atoms with van der Waals surface area (Å²) in [6.07, 6.45) is 3.31. The maximum atomic E-state index is 12.9. The highest BCUT2D eigenvalue weighted by Crippen LogP contribution is 2.25. The Morgan fingerprint density at radius 3 is 1.71 bits per heavy atom. The lowest BCUT2D eigenvalue weighted by molar-refractivity contribution is 0.104. The molecule has 0 spiro atoms. The van der Waals surface area contributed by atoms with Crippen molar-refractivity contribution in [3.63, 3.8) is 0 Å². The van der Waals surface area contributed by atoms with Gasteiger partial charge in [-0.2, -0.15) is 5.26 Å². The molecule has 0 heterocycles. The molecule has 154 valence electrons. The molecule has 3 aromatic rings. The summed E-state index contributed by atoms with van der Waals surface area (Å²) in [5.74, 6) is 1.25. The maximum absolute atomic E-state index is 12.9. The van der Waals surface area contributed by atoms with Gasteiger partial charge in [-0.15, -0.1) is 0 Å². The van der Waals surface area contributed by atoms with E-state index in [4.69, 9.17) is 9.47 Å². The fourth-order valence-corrected chi connectivity index (χ4v) is 3.04. The van der Waals surface area contributed by atoms with Crippen LogP contribution in [0.25, 0.3) is 11.1 Å². The Morgan fingerprint density at radius 1 is 0.742 bits per heavy atom. The first kappa shape index (κ1) is 21.6. The molecule has 0 aliphatic rings. The molecule has 0 aliphatic carbocycles. The number of allylic oxidation sites excluding steroid dienone is 4. The molecule has 0 amide bonds. The van der Waals surface area contributed by atoms with Crippen LogP contribution in [0.5, 0.6) is 11.5 Å². The van der Waals surface area contributed by atoms with Crippen LogP contribution in [0.3, 0.4) is 0 Å². The van der Waals surface area contributed by atoms with Gasteiger partial charge in [-0.05, 0) is 84.3 Å². The van der Waals surface area contributed by atoms with E-state index in [1.807, 2.05) is 43.3 Å². The standard InChI is InChI=1S/C27H23NO3/c1-19-4-6-20(7-5-19)23(17-27(29)22-10-14-26(31-3)15-11-22)16-24(18-28)21-8-12-25(30-2)13-9-21/h4-17H,1-3H3/b23-17+,24-16+. The first-order valence-corrected chi connectivity index (χ1v) is 9.77. The number of ketones is 1. The first-order chi connectivity index (χ1) is 15.0. The summed E-state index contributed by atoms with van der Waals surface area (Å²) in [4.78, 5) is 12.9. The molecule has 0 unspecified atom stereocenters. The van der Waals surface area contributed by atoms with Gasteiger partial charge in [-0.1, -0.05) is 29.8 Å². The summed E-state index contributed by atoms with van der Waals surface area (Å²) >= 11 is 0. The van der Waals surface area contributed by atoms with Gasteiger partial charge in [0.25, 0.3) is 0 Å². The number of carbonyl (C=O) groups is 1. The summed E-state index contributed by atoms with van der Waals surface area (Å²) in [7, 11) is 3.18. The second-order valence-corrected chi connectivity index (χ2v) is 6.96. The number of hydrogen-bond acceptors (Lipinski definition) is 4. The molecular formula is C27H23NO3. The van der Waals surface area contributed by atoms with Gasteiger partial charge in [0.05, 0.1) is 25.9 Å². The molecule has 3 rings (SSSR count). The maximum Gasteiger partial charge on any atom is 0.186 e. The number of ether oxygens (including phenoxy) is 2. The van der Waals surface area contributed by atoms with Crippen molar-refractivity contribution in [3.8, 4) is 17.6 Å². The van der Waals surface area contributed by atoms with Crippen molar-refractivity contribution in [2.75, 3.05) is 14.2 Å². The normalized spacial score (nSPS) is 11.5. The van der Waals surface area contributed by atoms with Crippen molar-refractivity contribution in [2.45, 2.75) is 6.92 Å². The molecule has 0 aromatic heterocycles. The number of aryl methyl sites for hydroxylation is 1. The topological polar surface area (TPSA) is 59.3 Å². The number of nitriles is 1. The minimum Gasteiger partial charge on any atom is -0.497 e. The summed E-state index contributed by atoms with van der Waals surface area (Å²) in [6, 6.07) is 24.3. The lowest BCUT2D eigenvalue weighted by Crippen LogP contribution is -1.97. The lowest BCUT2D eigenvalue weighted by atomic mass is 9.96. The highest BCUT2D eigenvalue weighted by molar-refractivity contribution is 6.10. The molecule has 4 heteroatoms. The van der Waals surface area contributed by atoms with E-state index in [1.54, 1.807) is 62.8 Å². The highest BCUT2D eigenvalue weighted by atomic mass is 16.5. The smallest absolute Gasteiger partial charge is 0.186 e. The molecule has 0 saturated heterocycles. The zero-order chi connectivity index (χ0) is 22.2. The van der Waals surface area contributed by atoms with Gasteiger partial charge in [0.1, 0.15) is 11.5 Å². The molecule has 31 heavy (non-hydrogen) atoms. The molecule has 0 bridgehead atoms. The monoisotopic (exact) mass is 409 g/mol. The van der Waals surface area contributed by atoms with E-state index in [-0.39, 0.29) is 5.78 Å². The number of carbonyl (C=O) groups excluding carboxylic acids is 1. The highest BCUT2D eigenvalue weighted by Gasteiger charge is 2.09. The summed E-state index contributed by atoms with van der Waals surface area (Å²) in [5, 5.41) is 9.78. The molecule has 0 fully saturated rings. The van der Waals surface area contributed by atoms with Crippen LogP contribution < -0.4 is 9.47 Å². The third-order valence-corrected chi connectivity index (χ3v) is 4.87. The van der Waals surface area contributed by atoms with E-state index in [9.17, 15) is 10.1 Å². The van der Waals surface area contributed by atoms with Crippen LogP contribution >= 0.6 is 0 Å². The van der Waals surface area contributed by atoms with E-state index in [2.05, 4.69) is 6.07 Å². The van der Waals surface area contributed by atoms with E-state index in [0.29, 0.717) is 28.2 Å². The molecule has 0 atom stereocenters. The Kier molecular flexibility index (Phi) is 7.03. The zero-order valence-corrected chi connectivity index (χ0v) is 17.8. The van der Waals surface area contributed by atoms with Crippen molar-refractivity contribution < 1.29 is 14.3 Å². The van der Waals surface area contributed by atoms with Gasteiger partial charge < -0.3 is 9.47 Å². The number of rotatable bonds is 7. The van der Waals surface area contributed by atoms with Crippen LogP contribution in [0.1, 0.15) is 27.0 Å². The Balaban J connectivity index is 2.05. The number of benzene rings is 3. The van der Waals surface area contributed by atoms with Crippen molar-refractivity contribution in [1.29, 1.82) is 5.26 Å². The number of nitrogens with zero attached hydrogens (tertiary/aromatic N) is 1. The molecule has 4 nitrogen and oxygen atoms in total. The first-order valence-electron chi connectivity index (χ1n) is 9.77. The Labute approximate surface area is 182 Å². The summed E-state index contributed by atoms with van der Waals surface area (Å²) in [6.45, 7) is 2.00. The van der Waals surface area contributed by atoms with Crippen molar-refractivity contribution in [2.24, 2.45) is 0 Å². The van der Waals surface area contributed by atoms with Crippen LogP contribution in [0.2, 0.25) is 0 Å². The van der Waals surface area contributed by atoms with E-state index in [1.165, 1.54) is 0 Å². The fraction of sp³-hybridized carbons (Fsp3) is 0.111. The van der Waals surface area contributed by atoms with Crippen LogP contribution in [0.15, 0.2) is 84.9 Å². The van der Waals surface area contributed by atoms with Crippen LogP contribution in [0.4, 0.5) is 0 Å². The van der Waals surface area contributed by atoms with E-state index < -0.39 is 0 Å². The fourth-order valence-electron chi connectivity index (χ4n) is 3.04. The molecule has 3 aromatic carbocycles. The minimum atomic E-state index is -0.151. The Bertz CT molecular complexity index is 1150. The predicted molar refractivity (Wildman–Crippen MR) is 123 cm³/mol. The van der Waals surface area contributed by atoms with Crippen LogP contribution in [-0.2, 0) is 0 Å². The van der Waals surface area contributed by atoms with Gasteiger partial charge in [0, 0.05) is 5.56 Å². The molecule has 0 aliphatic heterocycles. The van der Waals surface area contributed by atoms with Crippen LogP contribution in [0, 0.1) is 18.3 Å². The van der Waals surface area contributed by atoms with Gasteiger partial charge in [-0.25, -0.2) is 0 Å². The summed E-state index contributed by atoms with van der Waals surface area (Å²) in [5.41, 5.74) is 4.38. The average Bonchev–Trinajstić information content (AvgIpc) is 2.82. The SMILES string of the molecule is COc1ccc(C(=O)/C=C(\C=C(/C#N)c2ccc(OC)cc2)c2ccc(C)cc2)cc1.